The van der Waals surface area contributed by atoms with Gasteiger partial charge in [0, 0.05) is 18.1 Å². The molecule has 0 heterocycles. The number of hydrogen-bond acceptors (Lipinski definition) is 4. The minimum absolute atomic E-state index is 0.0494. The lowest BCUT2D eigenvalue weighted by atomic mass is 10.2. The fourth-order valence-corrected chi connectivity index (χ4v) is 3.88. The molecule has 0 saturated carbocycles. The quantitative estimate of drug-likeness (QED) is 0.784. The summed E-state index contributed by atoms with van der Waals surface area (Å²) in [6.07, 6.45) is 0. The Kier molecular flexibility index (Phi) is 6.05. The number of halogens is 1. The number of carbonyl (C=O) groups is 1. The number of carboxylic acid groups (broad SMARTS) is 1. The van der Waals surface area contributed by atoms with Gasteiger partial charge >= 0.3 is 5.97 Å². The number of aromatic carboxylic acids is 1. The Bertz CT molecular complexity index is 861. The van der Waals surface area contributed by atoms with Gasteiger partial charge in [-0.1, -0.05) is 25.4 Å². The third-order valence-corrected chi connectivity index (χ3v) is 5.86. The highest BCUT2D eigenvalue weighted by Crippen LogP contribution is 2.29. The summed E-state index contributed by atoms with van der Waals surface area (Å²) < 4.78 is 31.9. The van der Waals surface area contributed by atoms with E-state index in [2.05, 4.69) is 0 Å². The molecular weight excluding hydrogens is 366 g/mol. The highest BCUT2D eigenvalue weighted by atomic mass is 35.5. The second-order valence-electron chi connectivity index (χ2n) is 5.11. The van der Waals surface area contributed by atoms with Crippen molar-refractivity contribution in [2.24, 2.45) is 0 Å². The van der Waals surface area contributed by atoms with Crippen molar-refractivity contribution in [2.45, 2.75) is 18.7 Å². The maximum absolute atomic E-state index is 12.6. The molecule has 0 aliphatic heterocycles. The van der Waals surface area contributed by atoms with Gasteiger partial charge in [0.25, 0.3) is 0 Å². The largest absolute Gasteiger partial charge is 0.478 e. The maximum Gasteiger partial charge on any atom is 0.339 e. The molecule has 0 fully saturated rings. The molecule has 8 heteroatoms. The number of carboxylic acids is 1. The van der Waals surface area contributed by atoms with Crippen molar-refractivity contribution in [3.8, 4) is 11.5 Å². The number of rotatable bonds is 7. The van der Waals surface area contributed by atoms with Crippen LogP contribution in [0.15, 0.2) is 47.4 Å². The molecular formula is C17H18ClNO5S. The van der Waals surface area contributed by atoms with E-state index in [1.807, 2.05) is 0 Å². The zero-order valence-corrected chi connectivity index (χ0v) is 15.3. The van der Waals surface area contributed by atoms with Crippen LogP contribution in [0.5, 0.6) is 11.5 Å². The highest BCUT2D eigenvalue weighted by molar-refractivity contribution is 7.89. The van der Waals surface area contributed by atoms with Crippen LogP contribution in [0.4, 0.5) is 0 Å². The van der Waals surface area contributed by atoms with Crippen LogP contribution in [-0.2, 0) is 10.0 Å². The van der Waals surface area contributed by atoms with E-state index in [4.69, 9.17) is 16.3 Å². The maximum atomic E-state index is 12.6. The zero-order chi connectivity index (χ0) is 18.6. The number of nitrogens with zero attached hydrogens (tertiary/aromatic N) is 1. The van der Waals surface area contributed by atoms with Crippen molar-refractivity contribution in [3.63, 3.8) is 0 Å². The molecule has 0 bridgehead atoms. The number of hydrogen-bond donors (Lipinski definition) is 1. The van der Waals surface area contributed by atoms with Crippen molar-refractivity contribution in [1.29, 1.82) is 0 Å². The third kappa shape index (κ3) is 4.31. The Morgan fingerprint density at radius 2 is 1.72 bits per heavy atom. The molecule has 134 valence electrons. The molecule has 25 heavy (non-hydrogen) atoms. The summed E-state index contributed by atoms with van der Waals surface area (Å²) in [7, 11) is -3.76. The minimum atomic E-state index is -3.76. The average Bonchev–Trinajstić information content (AvgIpc) is 2.57. The highest BCUT2D eigenvalue weighted by Gasteiger charge is 2.24. The molecule has 0 radical (unpaired) electrons. The summed E-state index contributed by atoms with van der Waals surface area (Å²) in [5.74, 6) is -0.833. The standard InChI is InChI=1S/C17H18ClNO5S/c1-3-19(4-2)25(22,23)14-9-10-16(15(11-14)17(20)21)24-13-7-5-12(18)6-8-13/h5-11H,3-4H2,1-2H3,(H,20,21). The Morgan fingerprint density at radius 3 is 2.24 bits per heavy atom. The van der Waals surface area contributed by atoms with Gasteiger partial charge in [0.15, 0.2) is 0 Å². The first-order valence-electron chi connectivity index (χ1n) is 7.60. The first-order chi connectivity index (χ1) is 11.8. The van der Waals surface area contributed by atoms with Crippen LogP contribution in [0.2, 0.25) is 5.02 Å². The van der Waals surface area contributed by atoms with Crippen LogP contribution in [0, 0.1) is 0 Å². The molecule has 2 aromatic rings. The smallest absolute Gasteiger partial charge is 0.339 e. The summed E-state index contributed by atoms with van der Waals surface area (Å²) in [6, 6.07) is 10.2. The first-order valence-corrected chi connectivity index (χ1v) is 9.42. The Labute approximate surface area is 151 Å². The van der Waals surface area contributed by atoms with Crippen LogP contribution in [0.1, 0.15) is 24.2 Å². The molecule has 0 atom stereocenters. The average molecular weight is 384 g/mol. The van der Waals surface area contributed by atoms with Crippen LogP contribution in [0.25, 0.3) is 0 Å². The molecule has 0 aliphatic rings. The SMILES string of the molecule is CCN(CC)S(=O)(=O)c1ccc(Oc2ccc(Cl)cc2)c(C(=O)O)c1. The lowest BCUT2D eigenvalue weighted by Crippen LogP contribution is -2.30. The van der Waals surface area contributed by atoms with Crippen molar-refractivity contribution in [2.75, 3.05) is 13.1 Å². The molecule has 6 nitrogen and oxygen atoms in total. The summed E-state index contributed by atoms with van der Waals surface area (Å²) in [5.41, 5.74) is -0.233. The van der Waals surface area contributed by atoms with E-state index in [9.17, 15) is 18.3 Å². The summed E-state index contributed by atoms with van der Waals surface area (Å²) in [4.78, 5) is 11.5. The van der Waals surface area contributed by atoms with E-state index in [1.54, 1.807) is 38.1 Å². The Hall–Kier alpha value is -2.09. The lowest BCUT2D eigenvalue weighted by Gasteiger charge is -2.19. The van der Waals surface area contributed by atoms with Gasteiger partial charge in [-0.3, -0.25) is 0 Å². The molecule has 0 unspecified atom stereocenters. The lowest BCUT2D eigenvalue weighted by molar-refractivity contribution is 0.0694. The van der Waals surface area contributed by atoms with Gasteiger partial charge in [0.1, 0.15) is 17.1 Å². The molecule has 0 aromatic heterocycles. The zero-order valence-electron chi connectivity index (χ0n) is 13.8. The third-order valence-electron chi connectivity index (χ3n) is 3.57. The van der Waals surface area contributed by atoms with Crippen molar-refractivity contribution in [1.82, 2.24) is 4.31 Å². The van der Waals surface area contributed by atoms with Gasteiger partial charge in [-0.15, -0.1) is 0 Å². The van der Waals surface area contributed by atoms with Crippen LogP contribution < -0.4 is 4.74 Å². The monoisotopic (exact) mass is 383 g/mol. The number of benzene rings is 2. The van der Waals surface area contributed by atoms with Crippen LogP contribution in [-0.4, -0.2) is 36.9 Å². The van der Waals surface area contributed by atoms with Gasteiger partial charge in [-0.05, 0) is 42.5 Å². The van der Waals surface area contributed by atoms with E-state index in [-0.39, 0.29) is 16.2 Å². The van der Waals surface area contributed by atoms with Crippen LogP contribution >= 0.6 is 11.6 Å². The summed E-state index contributed by atoms with van der Waals surface area (Å²) in [6.45, 7) is 4.03. The second kappa shape index (κ2) is 7.86. The van der Waals surface area contributed by atoms with E-state index < -0.39 is 16.0 Å². The number of sulfonamides is 1. The van der Waals surface area contributed by atoms with Crippen molar-refractivity contribution >= 4 is 27.6 Å². The topological polar surface area (TPSA) is 83.9 Å². The molecule has 2 aromatic carbocycles. The minimum Gasteiger partial charge on any atom is -0.478 e. The molecule has 0 spiro atoms. The molecule has 0 saturated heterocycles. The van der Waals surface area contributed by atoms with Gasteiger partial charge in [0.2, 0.25) is 10.0 Å². The molecule has 1 N–H and O–H groups in total. The van der Waals surface area contributed by atoms with E-state index in [0.717, 1.165) is 6.07 Å². The second-order valence-corrected chi connectivity index (χ2v) is 7.48. The summed E-state index contributed by atoms with van der Waals surface area (Å²) in [5, 5.41) is 9.94. The van der Waals surface area contributed by atoms with Gasteiger partial charge in [-0.25, -0.2) is 13.2 Å². The number of ether oxygens (including phenoxy) is 1. The molecule has 0 amide bonds. The molecule has 2 rings (SSSR count). The van der Waals surface area contributed by atoms with Crippen LogP contribution in [0.3, 0.4) is 0 Å². The first kappa shape index (κ1) is 19.2. The normalized spacial score (nSPS) is 11.5. The fraction of sp³-hybridized carbons (Fsp3) is 0.235. The van der Waals surface area contributed by atoms with Gasteiger partial charge < -0.3 is 9.84 Å². The van der Waals surface area contributed by atoms with E-state index >= 15 is 0 Å². The summed E-state index contributed by atoms with van der Waals surface area (Å²) >= 11 is 5.80. The van der Waals surface area contributed by atoms with Crippen molar-refractivity contribution in [3.05, 3.63) is 53.1 Å². The van der Waals surface area contributed by atoms with Gasteiger partial charge in [0.05, 0.1) is 4.90 Å². The Balaban J connectivity index is 2.44. The van der Waals surface area contributed by atoms with E-state index in [0.29, 0.717) is 23.9 Å². The predicted molar refractivity (Wildman–Crippen MR) is 95.0 cm³/mol. The Morgan fingerprint density at radius 1 is 1.12 bits per heavy atom. The van der Waals surface area contributed by atoms with E-state index in [1.165, 1.54) is 16.4 Å². The fourth-order valence-electron chi connectivity index (χ4n) is 2.27. The van der Waals surface area contributed by atoms with Crippen molar-refractivity contribution < 1.29 is 23.1 Å². The molecule has 0 aliphatic carbocycles. The predicted octanol–water partition coefficient (Wildman–Crippen LogP) is 3.86. The van der Waals surface area contributed by atoms with Gasteiger partial charge in [-0.2, -0.15) is 4.31 Å².